The van der Waals surface area contributed by atoms with Crippen LogP contribution >= 0.6 is 15.9 Å². The van der Waals surface area contributed by atoms with Crippen molar-refractivity contribution in [3.8, 4) is 0 Å². The van der Waals surface area contributed by atoms with Gasteiger partial charge in [0.05, 0.1) is 5.52 Å². The molecule has 0 spiro atoms. The second-order valence-electron chi connectivity index (χ2n) is 3.84. The summed E-state index contributed by atoms with van der Waals surface area (Å²) in [7, 11) is 0. The Labute approximate surface area is 91.3 Å². The van der Waals surface area contributed by atoms with Crippen molar-refractivity contribution in [3.63, 3.8) is 0 Å². The quantitative estimate of drug-likeness (QED) is 0.746. The molecule has 0 N–H and O–H groups in total. The lowest BCUT2D eigenvalue weighted by atomic mass is 10.1. The Bertz CT molecular complexity index is 489. The molecule has 70 valence electrons. The molecule has 3 rings (SSSR count). The van der Waals surface area contributed by atoms with Gasteiger partial charge in [-0.1, -0.05) is 22.0 Å². The summed E-state index contributed by atoms with van der Waals surface area (Å²) >= 11 is 3.55. The van der Waals surface area contributed by atoms with E-state index in [9.17, 15) is 0 Å². The van der Waals surface area contributed by atoms with Crippen molar-refractivity contribution in [2.75, 3.05) is 0 Å². The zero-order valence-electron chi connectivity index (χ0n) is 7.70. The van der Waals surface area contributed by atoms with E-state index in [1.54, 1.807) is 0 Å². The molecule has 2 heteroatoms. The topological polar surface area (TPSA) is 12.9 Å². The van der Waals surface area contributed by atoms with E-state index in [0.717, 1.165) is 5.92 Å². The fourth-order valence-corrected chi connectivity index (χ4v) is 2.38. The number of fused-ring (bicyclic) bond motifs is 1. The highest BCUT2D eigenvalue weighted by Crippen LogP contribution is 2.43. The van der Waals surface area contributed by atoms with Crippen molar-refractivity contribution in [2.45, 2.75) is 18.8 Å². The number of halogens is 1. The number of benzene rings is 1. The first-order valence-corrected chi connectivity index (χ1v) is 5.68. The molecule has 1 aliphatic rings. The molecular formula is C12H10BrN. The van der Waals surface area contributed by atoms with Gasteiger partial charge in [-0.3, -0.25) is 4.98 Å². The molecule has 14 heavy (non-hydrogen) atoms. The van der Waals surface area contributed by atoms with Gasteiger partial charge in [0.15, 0.2) is 0 Å². The smallest absolute Gasteiger partial charge is 0.0737 e. The first kappa shape index (κ1) is 8.42. The third-order valence-electron chi connectivity index (χ3n) is 2.72. The van der Waals surface area contributed by atoms with E-state index in [1.807, 2.05) is 12.3 Å². The average molecular weight is 248 g/mol. The average Bonchev–Trinajstić information content (AvgIpc) is 2.99. The van der Waals surface area contributed by atoms with Gasteiger partial charge in [0.25, 0.3) is 0 Å². The summed E-state index contributed by atoms with van der Waals surface area (Å²) in [6, 6.07) is 8.46. The summed E-state index contributed by atoms with van der Waals surface area (Å²) in [5.41, 5.74) is 2.59. The number of nitrogens with zero attached hydrogens (tertiary/aromatic N) is 1. The molecule has 1 heterocycles. The van der Waals surface area contributed by atoms with Gasteiger partial charge in [-0.05, 0) is 42.5 Å². The Hall–Kier alpha value is -0.890. The van der Waals surface area contributed by atoms with Crippen molar-refractivity contribution in [2.24, 2.45) is 0 Å². The maximum Gasteiger partial charge on any atom is 0.0737 e. The van der Waals surface area contributed by atoms with E-state index in [1.165, 1.54) is 33.8 Å². The number of pyridine rings is 1. The third-order valence-corrected chi connectivity index (χ3v) is 3.17. The molecule has 0 radical (unpaired) electrons. The molecule has 0 aliphatic heterocycles. The zero-order chi connectivity index (χ0) is 9.54. The van der Waals surface area contributed by atoms with Crippen LogP contribution in [0.3, 0.4) is 0 Å². The lowest BCUT2D eigenvalue weighted by Gasteiger charge is -2.04. The normalized spacial score (nSPS) is 16.1. The van der Waals surface area contributed by atoms with Crippen LogP contribution in [-0.4, -0.2) is 4.98 Å². The van der Waals surface area contributed by atoms with E-state index < -0.39 is 0 Å². The summed E-state index contributed by atoms with van der Waals surface area (Å²) in [4.78, 5) is 4.46. The van der Waals surface area contributed by atoms with Crippen LogP contribution in [0, 0.1) is 0 Å². The second kappa shape index (κ2) is 3.06. The molecule has 0 amide bonds. The molecule has 0 atom stereocenters. The number of hydrogen-bond acceptors (Lipinski definition) is 1. The highest BCUT2D eigenvalue weighted by atomic mass is 79.9. The van der Waals surface area contributed by atoms with Crippen molar-refractivity contribution in [1.29, 1.82) is 0 Å². The molecule has 0 unspecified atom stereocenters. The molecule has 1 saturated carbocycles. The summed E-state index contributed by atoms with van der Waals surface area (Å²) < 4.78 is 1.17. The fourth-order valence-electron chi connectivity index (χ4n) is 1.89. The van der Waals surface area contributed by atoms with Crippen LogP contribution in [0.5, 0.6) is 0 Å². The van der Waals surface area contributed by atoms with Crippen molar-refractivity contribution < 1.29 is 0 Å². The number of aromatic nitrogens is 1. The number of rotatable bonds is 1. The maximum atomic E-state index is 4.46. The SMILES string of the molecule is Brc1cc(C2CC2)c2ncccc2c1. The van der Waals surface area contributed by atoms with Gasteiger partial charge in [-0.25, -0.2) is 0 Å². The fraction of sp³-hybridized carbons (Fsp3) is 0.250. The zero-order valence-corrected chi connectivity index (χ0v) is 9.29. The van der Waals surface area contributed by atoms with E-state index in [-0.39, 0.29) is 0 Å². The Morgan fingerprint density at radius 2 is 2.14 bits per heavy atom. The highest BCUT2D eigenvalue weighted by molar-refractivity contribution is 9.10. The van der Waals surface area contributed by atoms with E-state index >= 15 is 0 Å². The minimum absolute atomic E-state index is 0.755. The lowest BCUT2D eigenvalue weighted by Crippen LogP contribution is -1.86. The highest BCUT2D eigenvalue weighted by Gasteiger charge is 2.26. The molecule has 0 bridgehead atoms. The summed E-state index contributed by atoms with van der Waals surface area (Å²) in [6.45, 7) is 0. The van der Waals surface area contributed by atoms with E-state index in [4.69, 9.17) is 0 Å². The summed E-state index contributed by atoms with van der Waals surface area (Å²) in [5.74, 6) is 0.755. The molecule has 1 aromatic carbocycles. The Morgan fingerprint density at radius 1 is 1.29 bits per heavy atom. The molecule has 1 fully saturated rings. The van der Waals surface area contributed by atoms with Gasteiger partial charge in [0, 0.05) is 16.1 Å². The molecule has 1 aliphatic carbocycles. The summed E-state index contributed by atoms with van der Waals surface area (Å²) in [5, 5.41) is 1.24. The molecule has 1 aromatic heterocycles. The van der Waals surface area contributed by atoms with E-state index in [2.05, 4.69) is 39.1 Å². The van der Waals surface area contributed by atoms with Crippen molar-refractivity contribution in [1.82, 2.24) is 4.98 Å². The van der Waals surface area contributed by atoms with Crippen molar-refractivity contribution >= 4 is 26.8 Å². The maximum absolute atomic E-state index is 4.46. The van der Waals surface area contributed by atoms with Crippen LogP contribution in [0.4, 0.5) is 0 Å². The molecular weight excluding hydrogens is 238 g/mol. The van der Waals surface area contributed by atoms with Gasteiger partial charge in [0.2, 0.25) is 0 Å². The summed E-state index contributed by atoms with van der Waals surface area (Å²) in [6.07, 6.45) is 4.52. The largest absolute Gasteiger partial charge is 0.256 e. The lowest BCUT2D eigenvalue weighted by molar-refractivity contribution is 1.13. The minimum atomic E-state index is 0.755. The molecule has 1 nitrogen and oxygen atoms in total. The van der Waals surface area contributed by atoms with Crippen LogP contribution in [0.25, 0.3) is 10.9 Å². The minimum Gasteiger partial charge on any atom is -0.256 e. The van der Waals surface area contributed by atoms with Crippen LogP contribution in [0.1, 0.15) is 24.3 Å². The first-order valence-electron chi connectivity index (χ1n) is 4.89. The van der Waals surface area contributed by atoms with Gasteiger partial charge in [-0.2, -0.15) is 0 Å². The second-order valence-corrected chi connectivity index (χ2v) is 4.76. The van der Waals surface area contributed by atoms with Crippen molar-refractivity contribution in [3.05, 3.63) is 40.5 Å². The predicted molar refractivity (Wildman–Crippen MR) is 61.4 cm³/mol. The van der Waals surface area contributed by atoms with Crippen LogP contribution in [0.15, 0.2) is 34.9 Å². The van der Waals surface area contributed by atoms with Crippen LogP contribution in [0.2, 0.25) is 0 Å². The number of hydrogen-bond donors (Lipinski definition) is 0. The van der Waals surface area contributed by atoms with Gasteiger partial charge in [-0.15, -0.1) is 0 Å². The Morgan fingerprint density at radius 3 is 2.93 bits per heavy atom. The molecule has 2 aromatic rings. The van der Waals surface area contributed by atoms with E-state index in [0.29, 0.717) is 0 Å². The third kappa shape index (κ3) is 1.34. The van der Waals surface area contributed by atoms with Gasteiger partial charge in [0.1, 0.15) is 0 Å². The Balaban J connectivity index is 2.34. The molecule has 0 saturated heterocycles. The Kier molecular flexibility index (Phi) is 1.84. The van der Waals surface area contributed by atoms with Crippen LogP contribution < -0.4 is 0 Å². The first-order chi connectivity index (χ1) is 6.84. The van der Waals surface area contributed by atoms with Crippen LogP contribution in [-0.2, 0) is 0 Å². The monoisotopic (exact) mass is 247 g/mol. The van der Waals surface area contributed by atoms with Gasteiger partial charge < -0.3 is 0 Å². The standard InChI is InChI=1S/C12H10BrN/c13-10-6-9-2-1-5-14-12(9)11(7-10)8-3-4-8/h1-2,5-8H,3-4H2. The predicted octanol–water partition coefficient (Wildman–Crippen LogP) is 3.87. The van der Waals surface area contributed by atoms with Gasteiger partial charge >= 0.3 is 0 Å².